The molecule has 0 bridgehead atoms. The van der Waals surface area contributed by atoms with Crippen molar-refractivity contribution in [2.75, 3.05) is 27.7 Å². The number of ether oxygens (including phenoxy) is 1. The number of primary amides is 1. The highest BCUT2D eigenvalue weighted by Crippen LogP contribution is 2.41. The molecule has 0 saturated carbocycles. The number of amides is 1. The maximum Gasteiger partial charge on any atom is 0.419 e. The number of benzene rings is 2. The van der Waals surface area contributed by atoms with E-state index in [-0.39, 0.29) is 29.9 Å². The zero-order valence-corrected chi connectivity index (χ0v) is 29.9. The summed E-state index contributed by atoms with van der Waals surface area (Å²) in [7, 11) is 5.02. The number of rotatable bonds is 13. The molecule has 288 valence electrons. The number of aromatic nitrogens is 1. The molecule has 3 rings (SSSR count). The summed E-state index contributed by atoms with van der Waals surface area (Å²) in [5, 5.41) is 8.74. The van der Waals surface area contributed by atoms with Crippen molar-refractivity contribution < 1.29 is 54.6 Å². The molecule has 0 fully saturated rings. The molecule has 1 heterocycles. The van der Waals surface area contributed by atoms with Crippen LogP contribution in [0.5, 0.6) is 5.75 Å². The fourth-order valence-corrected chi connectivity index (χ4v) is 5.69. The third-order valence-corrected chi connectivity index (χ3v) is 8.18. The molecular formula is C36H43F8N3O5. The highest BCUT2D eigenvalue weighted by atomic mass is 19.4. The van der Waals surface area contributed by atoms with Gasteiger partial charge in [0, 0.05) is 29.8 Å². The summed E-state index contributed by atoms with van der Waals surface area (Å²) in [6, 6.07) is 3.17. The van der Waals surface area contributed by atoms with Crippen LogP contribution < -0.4 is 16.0 Å². The number of halogens is 8. The van der Waals surface area contributed by atoms with Crippen LogP contribution in [0.25, 0.3) is 11.1 Å². The van der Waals surface area contributed by atoms with Gasteiger partial charge < -0.3 is 25.0 Å². The maximum atomic E-state index is 15.0. The van der Waals surface area contributed by atoms with Gasteiger partial charge in [0.15, 0.2) is 0 Å². The first-order valence-electron chi connectivity index (χ1n) is 16.1. The van der Waals surface area contributed by atoms with E-state index in [1.165, 1.54) is 7.11 Å². The zero-order valence-electron chi connectivity index (χ0n) is 29.9. The number of carbonyl (C=O) groups excluding carboxylic acids is 1. The minimum absolute atomic E-state index is 0.00366. The minimum atomic E-state index is -5.06. The van der Waals surface area contributed by atoms with E-state index in [4.69, 9.17) is 15.6 Å². The summed E-state index contributed by atoms with van der Waals surface area (Å²) in [5.41, 5.74) is 1.59. The normalized spacial score (nSPS) is 12.5. The summed E-state index contributed by atoms with van der Waals surface area (Å²) in [4.78, 5) is 36.5. The molecule has 16 heteroatoms. The molecule has 0 aliphatic carbocycles. The van der Waals surface area contributed by atoms with Gasteiger partial charge >= 0.3 is 18.3 Å². The second-order valence-corrected chi connectivity index (χ2v) is 13.0. The molecule has 3 N–H and O–H groups in total. The average Bonchev–Trinajstić information content (AvgIpc) is 3.00. The molecular weight excluding hydrogens is 706 g/mol. The first-order valence-corrected chi connectivity index (χ1v) is 16.1. The fourth-order valence-electron chi connectivity index (χ4n) is 5.69. The van der Waals surface area contributed by atoms with Gasteiger partial charge in [-0.05, 0) is 100 Å². The van der Waals surface area contributed by atoms with Crippen LogP contribution in [0, 0.1) is 31.4 Å². The Hall–Kier alpha value is -4.47. The monoisotopic (exact) mass is 749 g/mol. The van der Waals surface area contributed by atoms with Crippen LogP contribution in [-0.2, 0) is 34.8 Å². The van der Waals surface area contributed by atoms with Gasteiger partial charge in [0.1, 0.15) is 23.4 Å². The number of aliphatic carboxylic acids is 1. The molecule has 0 aliphatic heterocycles. The summed E-state index contributed by atoms with van der Waals surface area (Å²) in [5.74, 6) is -4.70. The third-order valence-electron chi connectivity index (χ3n) is 8.18. The quantitative estimate of drug-likeness (QED) is 0.173. The van der Waals surface area contributed by atoms with Crippen LogP contribution in [0.1, 0.15) is 72.5 Å². The number of alkyl halides is 6. The van der Waals surface area contributed by atoms with Crippen LogP contribution in [0.4, 0.5) is 35.1 Å². The zero-order chi connectivity index (χ0) is 39.9. The molecule has 0 aliphatic rings. The number of hydrogen-bond donors (Lipinski definition) is 2. The number of nitrogens with two attached hydrogens (primary N) is 1. The largest absolute Gasteiger partial charge is 0.496 e. The Kier molecular flexibility index (Phi) is 15.0. The molecule has 0 saturated heterocycles. The molecule has 3 aromatic rings. The van der Waals surface area contributed by atoms with Crippen molar-refractivity contribution in [3.63, 3.8) is 0 Å². The van der Waals surface area contributed by atoms with Gasteiger partial charge in [0.2, 0.25) is 5.91 Å². The fraction of sp³-hybridized carbons (Fsp3) is 0.472. The van der Waals surface area contributed by atoms with Crippen molar-refractivity contribution in [2.24, 2.45) is 11.7 Å². The lowest BCUT2D eigenvalue weighted by Crippen LogP contribution is -2.35. The number of carboxylic acid groups (broad SMARTS) is 1. The summed E-state index contributed by atoms with van der Waals surface area (Å²) in [6.45, 7) is 7.44. The van der Waals surface area contributed by atoms with E-state index in [2.05, 4.69) is 0 Å². The topological polar surface area (TPSA) is 115 Å². The van der Waals surface area contributed by atoms with Gasteiger partial charge in [-0.3, -0.25) is 14.4 Å². The molecule has 0 radical (unpaired) electrons. The lowest BCUT2D eigenvalue weighted by atomic mass is 9.90. The molecule has 1 atom stereocenters. The number of pyridine rings is 1. The Balaban J connectivity index is 0.000000361. The molecule has 1 aromatic heterocycles. The van der Waals surface area contributed by atoms with Gasteiger partial charge in [-0.1, -0.05) is 19.9 Å². The lowest BCUT2D eigenvalue weighted by molar-refractivity contribution is -0.140. The second kappa shape index (κ2) is 17.8. The SMILES string of the molecule is CC(C)CC(C(N)=O)n1cc(CCCN(C)C)c(C(F)(F)F)cc1=O.COc1ccc(C)c(-c2cc(C(F)(F)F)c(F)c(CCC(=O)O)c2F)c1C. The number of hydrogen-bond acceptors (Lipinski definition) is 5. The number of carboxylic acids is 1. The number of carbonyl (C=O) groups is 2. The Morgan fingerprint density at radius 3 is 2.04 bits per heavy atom. The van der Waals surface area contributed by atoms with Crippen LogP contribution >= 0.6 is 0 Å². The smallest absolute Gasteiger partial charge is 0.419 e. The Morgan fingerprint density at radius 2 is 1.56 bits per heavy atom. The van der Waals surface area contributed by atoms with Gasteiger partial charge in [-0.15, -0.1) is 0 Å². The Morgan fingerprint density at radius 1 is 0.962 bits per heavy atom. The van der Waals surface area contributed by atoms with Gasteiger partial charge in [-0.25, -0.2) is 8.78 Å². The first-order chi connectivity index (χ1) is 23.9. The molecule has 2 aromatic carbocycles. The summed E-state index contributed by atoms with van der Waals surface area (Å²) >= 11 is 0. The van der Waals surface area contributed by atoms with E-state index in [9.17, 15) is 49.5 Å². The number of nitrogens with zero attached hydrogens (tertiary/aromatic N) is 2. The van der Waals surface area contributed by atoms with Gasteiger partial charge in [0.25, 0.3) is 5.56 Å². The lowest BCUT2D eigenvalue weighted by Gasteiger charge is -2.22. The van der Waals surface area contributed by atoms with Crippen molar-refractivity contribution in [3.05, 3.63) is 85.8 Å². The van der Waals surface area contributed by atoms with Crippen LogP contribution in [0.15, 0.2) is 35.3 Å². The van der Waals surface area contributed by atoms with E-state index >= 15 is 0 Å². The molecule has 0 spiro atoms. The Labute approximate surface area is 296 Å². The van der Waals surface area contributed by atoms with Gasteiger partial charge in [0.05, 0.1) is 18.2 Å². The van der Waals surface area contributed by atoms with Crippen LogP contribution in [0.2, 0.25) is 0 Å². The predicted octanol–water partition coefficient (Wildman–Crippen LogP) is 7.73. The molecule has 1 amide bonds. The predicted molar refractivity (Wildman–Crippen MR) is 179 cm³/mol. The van der Waals surface area contributed by atoms with E-state index in [1.54, 1.807) is 26.0 Å². The third kappa shape index (κ3) is 11.3. The summed E-state index contributed by atoms with van der Waals surface area (Å²) < 4.78 is 115. The van der Waals surface area contributed by atoms with Crippen molar-refractivity contribution in [2.45, 2.75) is 78.2 Å². The average molecular weight is 750 g/mol. The van der Waals surface area contributed by atoms with Crippen molar-refractivity contribution in [3.8, 4) is 16.9 Å². The van der Waals surface area contributed by atoms with Crippen LogP contribution in [0.3, 0.4) is 0 Å². The molecule has 52 heavy (non-hydrogen) atoms. The van der Waals surface area contributed by atoms with Crippen molar-refractivity contribution >= 4 is 11.9 Å². The first kappa shape index (κ1) is 43.7. The standard InChI is InChI=1S/C19H17F5O3.C17H26F3N3O2/c1-9-4-6-14(27-3)10(2)16(9)12-8-13(19(22,23)24)18(21)11(17(12)20)5-7-15(25)26;1-11(2)8-14(16(21)25)23-10-12(6-5-7-22(3)4)13(9-15(23)24)17(18,19)20/h4,6,8H,5,7H2,1-3H3,(H,25,26);9-11,14H,5-8H2,1-4H3,(H2,21,25). The molecule has 1 unspecified atom stereocenters. The number of methoxy groups -OCH3 is 1. The highest BCUT2D eigenvalue weighted by Gasteiger charge is 2.38. The highest BCUT2D eigenvalue weighted by molar-refractivity contribution is 5.78. The maximum absolute atomic E-state index is 15.0. The second-order valence-electron chi connectivity index (χ2n) is 13.0. The van der Waals surface area contributed by atoms with Gasteiger partial charge in [-0.2, -0.15) is 26.3 Å². The van der Waals surface area contributed by atoms with Crippen molar-refractivity contribution in [1.82, 2.24) is 9.47 Å². The van der Waals surface area contributed by atoms with E-state index in [0.29, 0.717) is 42.0 Å². The van der Waals surface area contributed by atoms with E-state index in [1.807, 2.05) is 32.8 Å². The number of aryl methyl sites for hydroxylation is 2. The Bertz CT molecular complexity index is 1800. The minimum Gasteiger partial charge on any atom is -0.496 e. The van der Waals surface area contributed by atoms with Crippen LogP contribution in [-0.4, -0.2) is 54.2 Å². The van der Waals surface area contributed by atoms with E-state index in [0.717, 1.165) is 10.8 Å². The van der Waals surface area contributed by atoms with E-state index < -0.39 is 82.6 Å². The summed E-state index contributed by atoms with van der Waals surface area (Å²) in [6.07, 6.45) is -9.00. The van der Waals surface area contributed by atoms with Crippen molar-refractivity contribution in [1.29, 1.82) is 0 Å². The molecule has 8 nitrogen and oxygen atoms in total.